The number of methoxy groups -OCH3 is 1. The zero-order chi connectivity index (χ0) is 12.5. The van der Waals surface area contributed by atoms with Crippen molar-refractivity contribution in [3.63, 3.8) is 0 Å². The predicted molar refractivity (Wildman–Crippen MR) is 66.6 cm³/mol. The van der Waals surface area contributed by atoms with Crippen molar-refractivity contribution in [2.24, 2.45) is 0 Å². The minimum Gasteiger partial charge on any atom is -0.480 e. The number of nitrogens with zero attached hydrogens (tertiary/aromatic N) is 4. The van der Waals surface area contributed by atoms with Crippen LogP contribution in [0.15, 0.2) is 9.90 Å². The molecule has 1 aliphatic rings. The van der Waals surface area contributed by atoms with Crippen LogP contribution in [0.2, 0.25) is 0 Å². The Balaban J connectivity index is 1.89. The Bertz CT molecular complexity index is 539. The van der Waals surface area contributed by atoms with Gasteiger partial charge < -0.3 is 9.26 Å². The summed E-state index contributed by atoms with van der Waals surface area (Å²) in [4.78, 5) is 6.70. The average Bonchev–Trinajstić information content (AvgIpc) is 3.06. The summed E-state index contributed by atoms with van der Waals surface area (Å²) in [5, 5.41) is 5.89. The van der Waals surface area contributed by atoms with Crippen molar-refractivity contribution >= 4 is 11.5 Å². The van der Waals surface area contributed by atoms with Crippen molar-refractivity contribution in [1.29, 1.82) is 0 Å². The van der Waals surface area contributed by atoms with Crippen molar-refractivity contribution in [1.82, 2.24) is 19.4 Å². The number of aromatic nitrogens is 3. The van der Waals surface area contributed by atoms with E-state index in [1.807, 2.05) is 5.38 Å². The van der Waals surface area contributed by atoms with Crippen molar-refractivity contribution in [3.05, 3.63) is 11.3 Å². The third-order valence-corrected chi connectivity index (χ3v) is 3.83. The van der Waals surface area contributed by atoms with E-state index in [1.54, 1.807) is 7.11 Å². The molecule has 0 spiro atoms. The number of likely N-dealkylation sites (tertiary alicyclic amines) is 1. The lowest BCUT2D eigenvalue weighted by Gasteiger charge is -2.14. The molecule has 0 bridgehead atoms. The Kier molecular flexibility index (Phi) is 3.00. The molecule has 1 aliphatic heterocycles. The maximum Gasteiger partial charge on any atom is 0.244 e. The summed E-state index contributed by atoms with van der Waals surface area (Å²) in [6.07, 6.45) is 2.24. The highest BCUT2D eigenvalue weighted by molar-refractivity contribution is 7.04. The van der Waals surface area contributed by atoms with Crippen LogP contribution in [0.25, 0.3) is 11.4 Å². The fourth-order valence-corrected chi connectivity index (χ4v) is 2.86. The van der Waals surface area contributed by atoms with Gasteiger partial charge in [0.05, 0.1) is 18.7 Å². The van der Waals surface area contributed by atoms with Crippen LogP contribution in [0.5, 0.6) is 5.88 Å². The van der Waals surface area contributed by atoms with Crippen LogP contribution < -0.4 is 4.74 Å². The molecule has 2 aromatic heterocycles. The minimum absolute atomic E-state index is 0.240. The molecule has 0 aliphatic carbocycles. The van der Waals surface area contributed by atoms with Crippen molar-refractivity contribution in [2.75, 3.05) is 20.7 Å². The van der Waals surface area contributed by atoms with Crippen LogP contribution >= 0.6 is 11.5 Å². The molecule has 3 rings (SSSR count). The lowest BCUT2D eigenvalue weighted by Crippen LogP contribution is -2.17. The molecule has 1 unspecified atom stereocenters. The summed E-state index contributed by atoms with van der Waals surface area (Å²) in [6, 6.07) is 0.240. The van der Waals surface area contributed by atoms with Crippen molar-refractivity contribution < 1.29 is 9.26 Å². The average molecular weight is 266 g/mol. The smallest absolute Gasteiger partial charge is 0.244 e. The summed E-state index contributed by atoms with van der Waals surface area (Å²) >= 11 is 1.32. The second-order valence-electron chi connectivity index (χ2n) is 4.33. The lowest BCUT2D eigenvalue weighted by atomic mass is 10.2. The van der Waals surface area contributed by atoms with Gasteiger partial charge in [0.1, 0.15) is 0 Å². The molecular formula is C11H14N4O2S. The monoisotopic (exact) mass is 266 g/mol. The zero-order valence-electron chi connectivity index (χ0n) is 10.3. The molecule has 3 heterocycles. The van der Waals surface area contributed by atoms with Gasteiger partial charge in [-0.1, -0.05) is 5.16 Å². The first-order chi connectivity index (χ1) is 8.79. The van der Waals surface area contributed by atoms with Gasteiger partial charge >= 0.3 is 0 Å². The molecule has 18 heavy (non-hydrogen) atoms. The quantitative estimate of drug-likeness (QED) is 0.846. The number of ether oxygens (including phenoxy) is 1. The molecular weight excluding hydrogens is 252 g/mol. The van der Waals surface area contributed by atoms with E-state index in [2.05, 4.69) is 26.5 Å². The molecule has 1 atom stereocenters. The van der Waals surface area contributed by atoms with Crippen molar-refractivity contribution in [2.45, 2.75) is 18.9 Å². The second-order valence-corrected chi connectivity index (χ2v) is 4.96. The Morgan fingerprint density at radius 2 is 2.44 bits per heavy atom. The highest BCUT2D eigenvalue weighted by atomic mass is 32.1. The highest BCUT2D eigenvalue weighted by Gasteiger charge is 2.28. The molecule has 7 heteroatoms. The number of hydrogen-bond donors (Lipinski definition) is 0. The summed E-state index contributed by atoms with van der Waals surface area (Å²) in [6.45, 7) is 1.08. The summed E-state index contributed by atoms with van der Waals surface area (Å²) in [7, 11) is 3.67. The van der Waals surface area contributed by atoms with Gasteiger partial charge in [0.2, 0.25) is 17.6 Å². The van der Waals surface area contributed by atoms with E-state index >= 15 is 0 Å². The third-order valence-electron chi connectivity index (χ3n) is 3.22. The van der Waals surface area contributed by atoms with Crippen LogP contribution in [0.4, 0.5) is 0 Å². The van der Waals surface area contributed by atoms with Crippen molar-refractivity contribution in [3.8, 4) is 17.3 Å². The fraction of sp³-hybridized carbons (Fsp3) is 0.545. The molecule has 0 aromatic carbocycles. The predicted octanol–water partition coefficient (Wildman–Crippen LogP) is 1.97. The van der Waals surface area contributed by atoms with E-state index in [0.29, 0.717) is 17.6 Å². The van der Waals surface area contributed by atoms with E-state index in [4.69, 9.17) is 9.26 Å². The molecule has 0 amide bonds. The maximum absolute atomic E-state index is 5.36. The Morgan fingerprint density at radius 3 is 3.17 bits per heavy atom. The molecule has 0 radical (unpaired) electrons. The first-order valence-corrected chi connectivity index (χ1v) is 6.66. The van der Waals surface area contributed by atoms with Gasteiger partial charge in [0.25, 0.3) is 0 Å². The SMILES string of the molecule is COc1nscc1-c1noc(C2CCCN2C)n1. The normalized spacial score (nSPS) is 20.4. The van der Waals surface area contributed by atoms with E-state index in [9.17, 15) is 0 Å². The topological polar surface area (TPSA) is 64.3 Å². The first-order valence-electron chi connectivity index (χ1n) is 5.82. The molecule has 2 aromatic rings. The van der Waals surface area contributed by atoms with Crippen LogP contribution in [-0.4, -0.2) is 40.1 Å². The highest BCUT2D eigenvalue weighted by Crippen LogP contribution is 2.33. The van der Waals surface area contributed by atoms with Gasteiger partial charge in [-0.15, -0.1) is 0 Å². The number of hydrogen-bond acceptors (Lipinski definition) is 7. The first kappa shape index (κ1) is 11.6. The standard InChI is InChI=1S/C11H14N4O2S/c1-15-5-3-4-8(15)11-12-9(13-17-11)7-6-18-14-10(7)16-2/h6,8H,3-5H2,1-2H3. The Morgan fingerprint density at radius 1 is 1.56 bits per heavy atom. The molecule has 96 valence electrons. The molecule has 6 nitrogen and oxygen atoms in total. The van der Waals surface area contributed by atoms with E-state index < -0.39 is 0 Å². The lowest BCUT2D eigenvalue weighted by molar-refractivity contribution is 0.245. The van der Waals surface area contributed by atoms with E-state index in [-0.39, 0.29) is 6.04 Å². The Labute approximate surface area is 109 Å². The van der Waals surface area contributed by atoms with Gasteiger partial charge in [0, 0.05) is 5.38 Å². The fourth-order valence-electron chi connectivity index (χ4n) is 2.22. The summed E-state index contributed by atoms with van der Waals surface area (Å²) in [5.41, 5.74) is 0.790. The van der Waals surface area contributed by atoms with Crippen LogP contribution in [0.3, 0.4) is 0 Å². The second kappa shape index (κ2) is 4.66. The number of rotatable bonds is 3. The summed E-state index contributed by atoms with van der Waals surface area (Å²) in [5.74, 6) is 1.78. The van der Waals surface area contributed by atoms with Gasteiger partial charge in [-0.2, -0.15) is 9.36 Å². The third kappa shape index (κ3) is 1.89. The van der Waals surface area contributed by atoms with Gasteiger partial charge in [-0.05, 0) is 38.0 Å². The van der Waals surface area contributed by atoms with Gasteiger partial charge in [-0.3, -0.25) is 4.90 Å². The maximum atomic E-state index is 5.36. The van der Waals surface area contributed by atoms with Gasteiger partial charge in [0.15, 0.2) is 0 Å². The Hall–Kier alpha value is -1.47. The van der Waals surface area contributed by atoms with E-state index in [0.717, 1.165) is 18.5 Å². The van der Waals surface area contributed by atoms with Crippen LogP contribution in [0.1, 0.15) is 24.8 Å². The minimum atomic E-state index is 0.240. The molecule has 1 saturated heterocycles. The summed E-state index contributed by atoms with van der Waals surface area (Å²) < 4.78 is 14.6. The molecule has 1 fully saturated rings. The molecule has 0 saturated carbocycles. The van der Waals surface area contributed by atoms with Gasteiger partial charge in [-0.25, -0.2) is 0 Å². The van der Waals surface area contributed by atoms with E-state index in [1.165, 1.54) is 18.0 Å². The largest absolute Gasteiger partial charge is 0.480 e. The van der Waals surface area contributed by atoms with Crippen LogP contribution in [0, 0.1) is 0 Å². The zero-order valence-corrected chi connectivity index (χ0v) is 11.1. The van der Waals surface area contributed by atoms with Crippen LogP contribution in [-0.2, 0) is 0 Å². The molecule has 0 N–H and O–H groups in total.